The third kappa shape index (κ3) is 1.74. The minimum Gasteiger partial charge on any atom is -0.320 e. The van der Waals surface area contributed by atoms with Crippen LogP contribution in [0.25, 0.3) is 27.5 Å². The van der Waals surface area contributed by atoms with Crippen LogP contribution < -0.4 is 5.56 Å². The zero-order valence-electron chi connectivity index (χ0n) is 10.9. The normalized spacial score (nSPS) is 11.3. The van der Waals surface area contributed by atoms with Gasteiger partial charge in [0, 0.05) is 22.5 Å². The highest BCUT2D eigenvalue weighted by Crippen LogP contribution is 2.22. The summed E-state index contributed by atoms with van der Waals surface area (Å²) in [4.78, 5) is 14.9. The monoisotopic (exact) mass is 279 g/mol. The highest BCUT2D eigenvalue weighted by Gasteiger charge is 2.12. The summed E-state index contributed by atoms with van der Waals surface area (Å²) < 4.78 is 15.3. The predicted molar refractivity (Wildman–Crippen MR) is 79.2 cm³/mol. The van der Waals surface area contributed by atoms with Crippen LogP contribution >= 0.6 is 0 Å². The molecule has 21 heavy (non-hydrogen) atoms. The second-order valence-electron chi connectivity index (χ2n) is 4.79. The van der Waals surface area contributed by atoms with E-state index in [0.717, 1.165) is 10.9 Å². The Hall–Kier alpha value is -2.95. The number of nitrogens with zero attached hydrogens (tertiary/aromatic N) is 2. The van der Waals surface area contributed by atoms with Crippen LogP contribution in [-0.4, -0.2) is 14.8 Å². The maximum absolute atomic E-state index is 13.9. The van der Waals surface area contributed by atoms with Gasteiger partial charge in [-0.3, -0.25) is 4.79 Å². The molecule has 2 aromatic carbocycles. The standard InChI is InChI=1S/C16H10FN3O/c17-12-6-2-4-8-14(12)20-9-11-10-5-1-3-7-13(10)18-16(21)15(11)19-20/h1-9H,(H,18,21). The van der Waals surface area contributed by atoms with Crippen molar-refractivity contribution in [1.82, 2.24) is 14.8 Å². The van der Waals surface area contributed by atoms with E-state index < -0.39 is 0 Å². The lowest BCUT2D eigenvalue weighted by atomic mass is 10.1. The Morgan fingerprint density at radius 1 is 1.00 bits per heavy atom. The Labute approximate surface area is 118 Å². The summed E-state index contributed by atoms with van der Waals surface area (Å²) in [7, 11) is 0. The van der Waals surface area contributed by atoms with Crippen LogP contribution in [0.2, 0.25) is 0 Å². The minimum absolute atomic E-state index is 0.279. The summed E-state index contributed by atoms with van der Waals surface area (Å²) in [6.07, 6.45) is 1.69. The number of aromatic nitrogens is 3. The van der Waals surface area contributed by atoms with Crippen LogP contribution in [0.1, 0.15) is 0 Å². The lowest BCUT2D eigenvalue weighted by molar-refractivity contribution is 0.611. The Balaban J connectivity index is 2.11. The first-order valence-corrected chi connectivity index (χ1v) is 6.49. The summed E-state index contributed by atoms with van der Waals surface area (Å²) >= 11 is 0. The fourth-order valence-corrected chi connectivity index (χ4v) is 2.51. The number of benzene rings is 2. The molecule has 2 heterocycles. The molecule has 0 spiro atoms. The first kappa shape index (κ1) is 11.8. The van der Waals surface area contributed by atoms with Crippen LogP contribution in [0.5, 0.6) is 0 Å². The molecule has 0 aliphatic heterocycles. The Morgan fingerprint density at radius 3 is 2.62 bits per heavy atom. The van der Waals surface area contributed by atoms with Crippen molar-refractivity contribution in [2.45, 2.75) is 0 Å². The van der Waals surface area contributed by atoms with Gasteiger partial charge in [0.1, 0.15) is 11.5 Å². The summed E-state index contributed by atoms with van der Waals surface area (Å²) in [5, 5.41) is 5.82. The molecule has 0 unspecified atom stereocenters. The number of pyridine rings is 1. The maximum atomic E-state index is 13.9. The molecule has 4 nitrogen and oxygen atoms in total. The van der Waals surface area contributed by atoms with Crippen molar-refractivity contribution in [1.29, 1.82) is 0 Å². The van der Waals surface area contributed by atoms with E-state index in [1.165, 1.54) is 10.7 Å². The molecule has 0 aliphatic rings. The van der Waals surface area contributed by atoms with Gasteiger partial charge in [-0.25, -0.2) is 9.07 Å². The van der Waals surface area contributed by atoms with Gasteiger partial charge in [-0.05, 0) is 18.2 Å². The predicted octanol–water partition coefficient (Wildman–Crippen LogP) is 3.01. The minimum atomic E-state index is -0.383. The van der Waals surface area contributed by atoms with E-state index in [1.807, 2.05) is 24.3 Å². The average Bonchev–Trinajstić information content (AvgIpc) is 2.94. The van der Waals surface area contributed by atoms with Crippen LogP contribution in [0.3, 0.4) is 0 Å². The molecule has 2 aromatic heterocycles. The molecule has 0 aliphatic carbocycles. The number of H-pyrrole nitrogens is 1. The van der Waals surface area contributed by atoms with Gasteiger partial charge in [0.05, 0.1) is 0 Å². The SMILES string of the molecule is O=c1[nH]c2ccccc2c2cn(-c3ccccc3F)nc12. The summed E-state index contributed by atoms with van der Waals surface area (Å²) in [6.45, 7) is 0. The molecule has 4 aromatic rings. The molecule has 0 radical (unpaired) electrons. The van der Waals surface area contributed by atoms with Crippen LogP contribution in [0.15, 0.2) is 59.5 Å². The van der Waals surface area contributed by atoms with Gasteiger partial charge in [-0.1, -0.05) is 30.3 Å². The average molecular weight is 279 g/mol. The van der Waals surface area contributed by atoms with Crippen LogP contribution in [0, 0.1) is 5.82 Å². The molecular weight excluding hydrogens is 269 g/mol. The highest BCUT2D eigenvalue weighted by molar-refractivity contribution is 6.03. The van der Waals surface area contributed by atoms with E-state index in [2.05, 4.69) is 10.1 Å². The quantitative estimate of drug-likeness (QED) is 0.582. The van der Waals surface area contributed by atoms with Gasteiger partial charge in [-0.2, -0.15) is 5.10 Å². The molecule has 0 saturated heterocycles. The van der Waals surface area contributed by atoms with Gasteiger partial charge < -0.3 is 4.98 Å². The smallest absolute Gasteiger partial charge is 0.276 e. The van der Waals surface area contributed by atoms with Crippen molar-refractivity contribution in [2.24, 2.45) is 0 Å². The van der Waals surface area contributed by atoms with Gasteiger partial charge in [0.15, 0.2) is 5.52 Å². The maximum Gasteiger partial charge on any atom is 0.276 e. The Kier molecular flexibility index (Phi) is 2.41. The number of para-hydroxylation sites is 2. The van der Waals surface area contributed by atoms with E-state index in [-0.39, 0.29) is 11.4 Å². The lowest BCUT2D eigenvalue weighted by Crippen LogP contribution is -2.07. The molecular formula is C16H10FN3O. The third-order valence-electron chi connectivity index (χ3n) is 3.49. The van der Waals surface area contributed by atoms with Crippen molar-refractivity contribution < 1.29 is 4.39 Å². The summed E-state index contributed by atoms with van der Waals surface area (Å²) in [5.74, 6) is -0.383. The molecule has 0 saturated carbocycles. The Bertz CT molecular complexity index is 1030. The van der Waals surface area contributed by atoms with Gasteiger partial charge >= 0.3 is 0 Å². The second-order valence-corrected chi connectivity index (χ2v) is 4.79. The fourth-order valence-electron chi connectivity index (χ4n) is 2.51. The molecule has 0 fully saturated rings. The fraction of sp³-hybridized carbons (Fsp3) is 0. The van der Waals surface area contributed by atoms with Crippen molar-refractivity contribution >= 4 is 21.8 Å². The van der Waals surface area contributed by atoms with Crippen molar-refractivity contribution in [3.05, 3.63) is 70.9 Å². The van der Waals surface area contributed by atoms with Crippen molar-refractivity contribution in [3.8, 4) is 5.69 Å². The first-order valence-electron chi connectivity index (χ1n) is 6.49. The zero-order chi connectivity index (χ0) is 14.4. The van der Waals surface area contributed by atoms with E-state index >= 15 is 0 Å². The number of aromatic amines is 1. The molecule has 0 bridgehead atoms. The summed E-state index contributed by atoms with van der Waals surface area (Å²) in [5.41, 5.74) is 1.08. The largest absolute Gasteiger partial charge is 0.320 e. The lowest BCUT2D eigenvalue weighted by Gasteiger charge is -2.00. The number of hydrogen-bond donors (Lipinski definition) is 1. The molecule has 0 atom stereocenters. The first-order chi connectivity index (χ1) is 10.2. The second kappa shape index (κ2) is 4.28. The van der Waals surface area contributed by atoms with Crippen LogP contribution in [-0.2, 0) is 0 Å². The van der Waals surface area contributed by atoms with Crippen LogP contribution in [0.4, 0.5) is 4.39 Å². The topological polar surface area (TPSA) is 50.7 Å². The van der Waals surface area contributed by atoms with Crippen molar-refractivity contribution in [3.63, 3.8) is 0 Å². The molecule has 5 heteroatoms. The van der Waals surface area contributed by atoms with Gasteiger partial charge in [0.25, 0.3) is 5.56 Å². The van der Waals surface area contributed by atoms with Gasteiger partial charge in [-0.15, -0.1) is 0 Å². The molecule has 0 amide bonds. The van der Waals surface area contributed by atoms with Gasteiger partial charge in [0.2, 0.25) is 0 Å². The number of nitrogens with one attached hydrogen (secondary N) is 1. The summed E-state index contributed by atoms with van der Waals surface area (Å²) in [6, 6.07) is 13.8. The van der Waals surface area contributed by atoms with E-state index in [1.54, 1.807) is 24.4 Å². The number of hydrogen-bond acceptors (Lipinski definition) is 2. The number of fused-ring (bicyclic) bond motifs is 3. The zero-order valence-corrected chi connectivity index (χ0v) is 10.9. The van der Waals surface area contributed by atoms with E-state index in [9.17, 15) is 9.18 Å². The van der Waals surface area contributed by atoms with Crippen molar-refractivity contribution in [2.75, 3.05) is 0 Å². The molecule has 1 N–H and O–H groups in total. The third-order valence-corrected chi connectivity index (χ3v) is 3.49. The van der Waals surface area contributed by atoms with E-state index in [0.29, 0.717) is 16.6 Å². The molecule has 102 valence electrons. The number of halogens is 1. The van der Waals surface area contributed by atoms with E-state index in [4.69, 9.17) is 0 Å². The highest BCUT2D eigenvalue weighted by atomic mass is 19.1. The molecule has 4 rings (SSSR count). The number of rotatable bonds is 1. The Morgan fingerprint density at radius 2 is 1.76 bits per heavy atom.